The second kappa shape index (κ2) is 5.08. The molecule has 2 aromatic rings. The van der Waals surface area contributed by atoms with Gasteiger partial charge in [0, 0.05) is 5.56 Å². The maximum Gasteiger partial charge on any atom is 0.338 e. The maximum absolute atomic E-state index is 14.3. The van der Waals surface area contributed by atoms with Crippen molar-refractivity contribution in [1.29, 1.82) is 0 Å². The standard InChI is InChI=1S/C17H15FO2/c18-16-14(6-3-7-15(16)17(19)20)13-9-8-11-4-1-2-5-12(11)10-13/h3,6-10H,1-2,4-5H2,(H,19,20). The van der Waals surface area contributed by atoms with E-state index in [-0.39, 0.29) is 5.56 Å². The summed E-state index contributed by atoms with van der Waals surface area (Å²) in [4.78, 5) is 11.0. The van der Waals surface area contributed by atoms with E-state index in [1.807, 2.05) is 18.2 Å². The number of rotatable bonds is 2. The van der Waals surface area contributed by atoms with Crippen molar-refractivity contribution >= 4 is 5.97 Å². The molecule has 0 fully saturated rings. The summed E-state index contributed by atoms with van der Waals surface area (Å²) in [6.07, 6.45) is 4.46. The zero-order chi connectivity index (χ0) is 14.1. The van der Waals surface area contributed by atoms with E-state index in [1.165, 1.54) is 23.6 Å². The zero-order valence-corrected chi connectivity index (χ0v) is 11.0. The van der Waals surface area contributed by atoms with Gasteiger partial charge in [-0.3, -0.25) is 0 Å². The topological polar surface area (TPSA) is 37.3 Å². The SMILES string of the molecule is O=C(O)c1cccc(-c2ccc3c(c2)CCCC3)c1F. The molecular weight excluding hydrogens is 255 g/mol. The van der Waals surface area contributed by atoms with Gasteiger partial charge >= 0.3 is 5.97 Å². The number of aryl methyl sites for hydroxylation is 2. The van der Waals surface area contributed by atoms with Gasteiger partial charge in [-0.05, 0) is 48.4 Å². The lowest BCUT2D eigenvalue weighted by molar-refractivity contribution is 0.0692. The smallest absolute Gasteiger partial charge is 0.338 e. The Balaban J connectivity index is 2.09. The predicted octanol–water partition coefficient (Wildman–Crippen LogP) is 4.07. The molecule has 1 aliphatic rings. The number of carboxylic acids is 1. The molecule has 0 heterocycles. The number of aromatic carboxylic acids is 1. The molecule has 2 nitrogen and oxygen atoms in total. The molecule has 0 radical (unpaired) electrons. The lowest BCUT2D eigenvalue weighted by Crippen LogP contribution is -2.04. The second-order valence-electron chi connectivity index (χ2n) is 5.16. The first-order chi connectivity index (χ1) is 9.66. The Hall–Kier alpha value is -2.16. The third-order valence-corrected chi connectivity index (χ3v) is 3.89. The van der Waals surface area contributed by atoms with E-state index in [0.717, 1.165) is 24.8 Å². The number of carboxylic acid groups (broad SMARTS) is 1. The summed E-state index contributed by atoms with van der Waals surface area (Å²) in [5.41, 5.74) is 3.42. The van der Waals surface area contributed by atoms with Crippen LogP contribution < -0.4 is 0 Å². The van der Waals surface area contributed by atoms with Crippen LogP contribution in [-0.2, 0) is 12.8 Å². The van der Waals surface area contributed by atoms with Crippen LogP contribution in [0.15, 0.2) is 36.4 Å². The molecule has 0 saturated heterocycles. The van der Waals surface area contributed by atoms with Crippen LogP contribution in [0.4, 0.5) is 4.39 Å². The van der Waals surface area contributed by atoms with Crippen molar-refractivity contribution in [3.05, 3.63) is 58.9 Å². The molecule has 20 heavy (non-hydrogen) atoms. The van der Waals surface area contributed by atoms with Crippen molar-refractivity contribution in [1.82, 2.24) is 0 Å². The summed E-state index contributed by atoms with van der Waals surface area (Å²) in [5.74, 6) is -1.89. The van der Waals surface area contributed by atoms with Crippen molar-refractivity contribution in [2.24, 2.45) is 0 Å². The fraction of sp³-hybridized carbons (Fsp3) is 0.235. The molecule has 0 saturated carbocycles. The van der Waals surface area contributed by atoms with Crippen LogP contribution in [0.25, 0.3) is 11.1 Å². The average molecular weight is 270 g/mol. The fourth-order valence-electron chi connectivity index (χ4n) is 2.82. The van der Waals surface area contributed by atoms with Crippen LogP contribution >= 0.6 is 0 Å². The highest BCUT2D eigenvalue weighted by atomic mass is 19.1. The second-order valence-corrected chi connectivity index (χ2v) is 5.16. The average Bonchev–Trinajstić information content (AvgIpc) is 2.46. The van der Waals surface area contributed by atoms with E-state index in [2.05, 4.69) is 0 Å². The summed E-state index contributed by atoms with van der Waals surface area (Å²) in [6.45, 7) is 0. The van der Waals surface area contributed by atoms with Crippen LogP contribution in [-0.4, -0.2) is 11.1 Å². The Morgan fingerprint density at radius 3 is 2.55 bits per heavy atom. The molecule has 0 aromatic heterocycles. The van der Waals surface area contributed by atoms with E-state index in [1.54, 1.807) is 12.1 Å². The quantitative estimate of drug-likeness (QED) is 0.893. The largest absolute Gasteiger partial charge is 0.478 e. The van der Waals surface area contributed by atoms with Gasteiger partial charge in [-0.1, -0.05) is 30.3 Å². The van der Waals surface area contributed by atoms with Crippen LogP contribution in [0.5, 0.6) is 0 Å². The molecule has 0 amide bonds. The lowest BCUT2D eigenvalue weighted by Gasteiger charge is -2.17. The summed E-state index contributed by atoms with van der Waals surface area (Å²) in [7, 11) is 0. The molecule has 3 rings (SSSR count). The van der Waals surface area contributed by atoms with Gasteiger partial charge in [0.15, 0.2) is 0 Å². The minimum atomic E-state index is -1.23. The van der Waals surface area contributed by atoms with Gasteiger partial charge in [0.2, 0.25) is 0 Å². The molecule has 0 aliphatic heterocycles. The van der Waals surface area contributed by atoms with Crippen LogP contribution in [0.2, 0.25) is 0 Å². The summed E-state index contributed by atoms with van der Waals surface area (Å²) in [6, 6.07) is 10.4. The Labute approximate surface area is 116 Å². The van der Waals surface area contributed by atoms with E-state index < -0.39 is 11.8 Å². The van der Waals surface area contributed by atoms with Gasteiger partial charge in [-0.2, -0.15) is 0 Å². The Kier molecular flexibility index (Phi) is 3.26. The first kappa shape index (κ1) is 12.9. The molecule has 1 N–H and O–H groups in total. The third-order valence-electron chi connectivity index (χ3n) is 3.89. The van der Waals surface area contributed by atoms with E-state index in [4.69, 9.17) is 5.11 Å². The van der Waals surface area contributed by atoms with Crippen LogP contribution in [0.1, 0.15) is 34.3 Å². The highest BCUT2D eigenvalue weighted by Crippen LogP contribution is 2.30. The molecule has 0 atom stereocenters. The number of hydrogen-bond acceptors (Lipinski definition) is 1. The number of hydrogen-bond donors (Lipinski definition) is 1. The Bertz CT molecular complexity index is 677. The van der Waals surface area contributed by atoms with Crippen molar-refractivity contribution in [2.75, 3.05) is 0 Å². The van der Waals surface area contributed by atoms with Gasteiger partial charge in [0.1, 0.15) is 5.82 Å². The highest BCUT2D eigenvalue weighted by molar-refractivity contribution is 5.90. The Morgan fingerprint density at radius 2 is 1.80 bits per heavy atom. The summed E-state index contributed by atoms with van der Waals surface area (Å²) in [5, 5.41) is 8.99. The van der Waals surface area contributed by atoms with Crippen molar-refractivity contribution in [3.63, 3.8) is 0 Å². The van der Waals surface area contributed by atoms with Gasteiger partial charge in [0.25, 0.3) is 0 Å². The first-order valence-electron chi connectivity index (χ1n) is 6.81. The number of benzene rings is 2. The fourth-order valence-corrected chi connectivity index (χ4v) is 2.82. The third kappa shape index (κ3) is 2.20. The predicted molar refractivity (Wildman–Crippen MR) is 75.4 cm³/mol. The van der Waals surface area contributed by atoms with Gasteiger partial charge in [-0.25, -0.2) is 9.18 Å². The minimum Gasteiger partial charge on any atom is -0.478 e. The number of halogens is 1. The van der Waals surface area contributed by atoms with E-state index in [0.29, 0.717) is 5.56 Å². The summed E-state index contributed by atoms with van der Waals surface area (Å²) < 4.78 is 14.3. The van der Waals surface area contributed by atoms with Crippen LogP contribution in [0.3, 0.4) is 0 Å². The molecule has 3 heteroatoms. The minimum absolute atomic E-state index is 0.278. The van der Waals surface area contributed by atoms with Crippen LogP contribution in [0, 0.1) is 5.82 Å². The van der Waals surface area contributed by atoms with Gasteiger partial charge < -0.3 is 5.11 Å². The number of fused-ring (bicyclic) bond motifs is 1. The monoisotopic (exact) mass is 270 g/mol. The molecular formula is C17H15FO2. The van der Waals surface area contributed by atoms with E-state index in [9.17, 15) is 9.18 Å². The zero-order valence-electron chi connectivity index (χ0n) is 11.0. The van der Waals surface area contributed by atoms with Gasteiger partial charge in [-0.15, -0.1) is 0 Å². The summed E-state index contributed by atoms with van der Waals surface area (Å²) >= 11 is 0. The Morgan fingerprint density at radius 1 is 1.05 bits per heavy atom. The van der Waals surface area contributed by atoms with Crippen molar-refractivity contribution < 1.29 is 14.3 Å². The molecule has 0 unspecified atom stereocenters. The number of carbonyl (C=O) groups is 1. The highest BCUT2D eigenvalue weighted by Gasteiger charge is 2.16. The molecule has 0 bridgehead atoms. The molecule has 102 valence electrons. The molecule has 2 aromatic carbocycles. The molecule has 0 spiro atoms. The van der Waals surface area contributed by atoms with Gasteiger partial charge in [0.05, 0.1) is 5.56 Å². The first-order valence-corrected chi connectivity index (χ1v) is 6.81. The molecule has 1 aliphatic carbocycles. The lowest BCUT2D eigenvalue weighted by atomic mass is 9.89. The maximum atomic E-state index is 14.3. The van der Waals surface area contributed by atoms with Crippen molar-refractivity contribution in [3.8, 4) is 11.1 Å². The normalized spacial score (nSPS) is 13.8. The van der Waals surface area contributed by atoms with E-state index >= 15 is 0 Å². The van der Waals surface area contributed by atoms with Crippen molar-refractivity contribution in [2.45, 2.75) is 25.7 Å².